The molecule has 2 fully saturated rings. The molecule has 0 radical (unpaired) electrons. The number of nitrogens with one attached hydrogen (secondary N) is 1. The van der Waals surface area contributed by atoms with Crippen molar-refractivity contribution in [1.82, 2.24) is 5.32 Å². The van der Waals surface area contributed by atoms with Crippen LogP contribution in [0.25, 0.3) is 0 Å². The molecule has 0 spiro atoms. The second kappa shape index (κ2) is 3.75. The van der Waals surface area contributed by atoms with E-state index in [0.717, 1.165) is 25.1 Å². The molecule has 0 amide bonds. The van der Waals surface area contributed by atoms with Gasteiger partial charge in [-0.3, -0.25) is 0 Å². The first kappa shape index (κ1) is 8.52. The van der Waals surface area contributed by atoms with Crippen LogP contribution < -0.4 is 5.32 Å². The van der Waals surface area contributed by atoms with Crippen LogP contribution in [0.4, 0.5) is 0 Å². The smallest absolute Gasteiger partial charge is 0.0604 e. The highest BCUT2D eigenvalue weighted by molar-refractivity contribution is 4.92. The lowest BCUT2D eigenvalue weighted by Gasteiger charge is -2.28. The molecule has 3 atom stereocenters. The fraction of sp³-hybridized carbons (Fsp3) is 1.00. The van der Waals surface area contributed by atoms with Gasteiger partial charge >= 0.3 is 0 Å². The number of ether oxygens (including phenoxy) is 1. The van der Waals surface area contributed by atoms with Gasteiger partial charge in [-0.05, 0) is 32.1 Å². The van der Waals surface area contributed by atoms with E-state index >= 15 is 0 Å². The van der Waals surface area contributed by atoms with Crippen LogP contribution in [0.1, 0.15) is 39.0 Å². The van der Waals surface area contributed by atoms with Crippen LogP contribution in [-0.2, 0) is 4.74 Å². The molecule has 12 heavy (non-hydrogen) atoms. The van der Waals surface area contributed by atoms with Crippen molar-refractivity contribution in [2.75, 3.05) is 6.61 Å². The summed E-state index contributed by atoms with van der Waals surface area (Å²) in [6.45, 7) is 3.12. The summed E-state index contributed by atoms with van der Waals surface area (Å²) in [5.41, 5.74) is 0. The summed E-state index contributed by atoms with van der Waals surface area (Å²) in [4.78, 5) is 0. The lowest BCUT2D eigenvalue weighted by Crippen LogP contribution is -2.41. The molecular weight excluding hydrogens is 150 g/mol. The quantitative estimate of drug-likeness (QED) is 0.694. The number of fused-ring (bicyclic) bond motifs is 2. The van der Waals surface area contributed by atoms with E-state index in [9.17, 15) is 0 Å². The molecule has 2 rings (SSSR count). The van der Waals surface area contributed by atoms with E-state index < -0.39 is 0 Å². The lowest BCUT2D eigenvalue weighted by molar-refractivity contribution is 0.0207. The molecule has 0 aliphatic carbocycles. The summed E-state index contributed by atoms with van der Waals surface area (Å²) in [5.74, 6) is 0. The molecule has 2 bridgehead atoms. The van der Waals surface area contributed by atoms with E-state index in [-0.39, 0.29) is 0 Å². The molecule has 2 aliphatic heterocycles. The maximum atomic E-state index is 5.77. The zero-order valence-corrected chi connectivity index (χ0v) is 7.88. The molecule has 70 valence electrons. The first-order chi connectivity index (χ1) is 5.88. The lowest BCUT2D eigenvalue weighted by atomic mass is 10.0. The van der Waals surface area contributed by atoms with Gasteiger partial charge < -0.3 is 10.1 Å². The Balaban J connectivity index is 1.78. The Labute approximate surface area is 74.7 Å². The van der Waals surface area contributed by atoms with Gasteiger partial charge in [-0.25, -0.2) is 0 Å². The second-order valence-electron chi connectivity index (χ2n) is 4.10. The van der Waals surface area contributed by atoms with E-state index in [0.29, 0.717) is 6.10 Å². The molecule has 0 aromatic rings. The molecule has 0 unspecified atom stereocenters. The van der Waals surface area contributed by atoms with Gasteiger partial charge in [-0.1, -0.05) is 6.92 Å². The van der Waals surface area contributed by atoms with Crippen molar-refractivity contribution >= 4 is 0 Å². The minimum Gasteiger partial charge on any atom is -0.378 e. The van der Waals surface area contributed by atoms with Crippen LogP contribution in [0.5, 0.6) is 0 Å². The average Bonchev–Trinajstić information content (AvgIpc) is 2.42. The van der Waals surface area contributed by atoms with Crippen molar-refractivity contribution in [1.29, 1.82) is 0 Å². The Hall–Kier alpha value is -0.0800. The van der Waals surface area contributed by atoms with Gasteiger partial charge in [0, 0.05) is 18.7 Å². The van der Waals surface area contributed by atoms with Crippen LogP contribution in [0.2, 0.25) is 0 Å². The van der Waals surface area contributed by atoms with Crippen molar-refractivity contribution in [3.63, 3.8) is 0 Å². The third-order valence-corrected chi connectivity index (χ3v) is 2.99. The van der Waals surface area contributed by atoms with Crippen molar-refractivity contribution in [2.45, 2.75) is 57.2 Å². The van der Waals surface area contributed by atoms with Gasteiger partial charge in [0.1, 0.15) is 0 Å². The van der Waals surface area contributed by atoms with Gasteiger partial charge in [0.25, 0.3) is 0 Å². The van der Waals surface area contributed by atoms with Gasteiger partial charge in [-0.15, -0.1) is 0 Å². The van der Waals surface area contributed by atoms with Crippen LogP contribution in [0.15, 0.2) is 0 Å². The fourth-order valence-corrected chi connectivity index (χ4v) is 2.43. The highest BCUT2D eigenvalue weighted by atomic mass is 16.5. The molecule has 1 N–H and O–H groups in total. The number of piperidine rings is 1. The normalized spacial score (nSPS) is 40.2. The first-order valence-electron chi connectivity index (χ1n) is 5.26. The van der Waals surface area contributed by atoms with Gasteiger partial charge in [-0.2, -0.15) is 0 Å². The molecule has 2 nitrogen and oxygen atoms in total. The minimum absolute atomic E-state index is 0.559. The van der Waals surface area contributed by atoms with E-state index in [1.165, 1.54) is 25.7 Å². The van der Waals surface area contributed by atoms with Crippen molar-refractivity contribution in [2.24, 2.45) is 0 Å². The summed E-state index contributed by atoms with van der Waals surface area (Å²) >= 11 is 0. The minimum atomic E-state index is 0.559. The SMILES string of the molecule is CCCO[C@H]1C[C@H]2CC[C@@H](C1)N2. The topological polar surface area (TPSA) is 21.3 Å². The molecular formula is C10H19NO. The van der Waals surface area contributed by atoms with Crippen LogP contribution in [0, 0.1) is 0 Å². The van der Waals surface area contributed by atoms with E-state index in [2.05, 4.69) is 12.2 Å². The summed E-state index contributed by atoms with van der Waals surface area (Å²) in [6.07, 6.45) is 6.95. The summed E-state index contributed by atoms with van der Waals surface area (Å²) in [7, 11) is 0. The van der Waals surface area contributed by atoms with Crippen molar-refractivity contribution in [3.05, 3.63) is 0 Å². The maximum Gasteiger partial charge on any atom is 0.0604 e. The Bertz CT molecular complexity index is 137. The Morgan fingerprint density at radius 1 is 1.25 bits per heavy atom. The van der Waals surface area contributed by atoms with Crippen LogP contribution in [0.3, 0.4) is 0 Å². The zero-order chi connectivity index (χ0) is 8.39. The highest BCUT2D eigenvalue weighted by Crippen LogP contribution is 2.28. The molecule has 2 saturated heterocycles. The summed E-state index contributed by atoms with van der Waals surface area (Å²) < 4.78 is 5.77. The molecule has 2 heterocycles. The van der Waals surface area contributed by atoms with Gasteiger partial charge in [0.15, 0.2) is 0 Å². The van der Waals surface area contributed by atoms with Gasteiger partial charge in [0.2, 0.25) is 0 Å². The molecule has 0 saturated carbocycles. The molecule has 0 aromatic heterocycles. The van der Waals surface area contributed by atoms with Crippen LogP contribution in [-0.4, -0.2) is 24.8 Å². The summed E-state index contributed by atoms with van der Waals surface area (Å²) in [5, 5.41) is 3.62. The number of hydrogen-bond donors (Lipinski definition) is 1. The predicted molar refractivity (Wildman–Crippen MR) is 49.2 cm³/mol. The van der Waals surface area contributed by atoms with E-state index in [1.807, 2.05) is 0 Å². The third-order valence-electron chi connectivity index (χ3n) is 2.99. The van der Waals surface area contributed by atoms with Crippen molar-refractivity contribution in [3.8, 4) is 0 Å². The fourth-order valence-electron chi connectivity index (χ4n) is 2.43. The van der Waals surface area contributed by atoms with Crippen LogP contribution >= 0.6 is 0 Å². The molecule has 2 aliphatic rings. The number of rotatable bonds is 3. The standard InChI is InChI=1S/C10H19NO/c1-2-5-12-10-6-8-3-4-9(7-10)11-8/h8-11H,2-7H2,1H3/t8-,9+,10+. The van der Waals surface area contributed by atoms with E-state index in [4.69, 9.17) is 4.74 Å². The zero-order valence-electron chi connectivity index (χ0n) is 7.88. The Morgan fingerprint density at radius 3 is 2.50 bits per heavy atom. The number of hydrogen-bond acceptors (Lipinski definition) is 2. The summed E-state index contributed by atoms with van der Waals surface area (Å²) in [6, 6.07) is 1.54. The molecule has 2 heteroatoms. The first-order valence-corrected chi connectivity index (χ1v) is 5.26. The second-order valence-corrected chi connectivity index (χ2v) is 4.10. The Kier molecular flexibility index (Phi) is 2.66. The molecule has 0 aromatic carbocycles. The highest BCUT2D eigenvalue weighted by Gasteiger charge is 2.33. The Morgan fingerprint density at radius 2 is 1.92 bits per heavy atom. The maximum absolute atomic E-state index is 5.77. The average molecular weight is 169 g/mol. The predicted octanol–water partition coefficient (Wildman–Crippen LogP) is 1.70. The van der Waals surface area contributed by atoms with Gasteiger partial charge in [0.05, 0.1) is 6.10 Å². The largest absolute Gasteiger partial charge is 0.378 e. The third kappa shape index (κ3) is 1.80. The van der Waals surface area contributed by atoms with E-state index in [1.54, 1.807) is 0 Å². The van der Waals surface area contributed by atoms with Crippen molar-refractivity contribution < 1.29 is 4.74 Å². The monoisotopic (exact) mass is 169 g/mol.